The molecule has 4 rings (SSSR count). The van der Waals surface area contributed by atoms with Crippen LogP contribution in [0.25, 0.3) is 17.2 Å². The smallest absolute Gasteiger partial charge is 0.254 e. The van der Waals surface area contributed by atoms with Crippen LogP contribution < -0.4 is 10.5 Å². The van der Waals surface area contributed by atoms with Gasteiger partial charge in [0, 0.05) is 36.9 Å². The number of hydrogen-bond donors (Lipinski definition) is 1. The number of fused-ring (bicyclic) bond motifs is 1. The molecule has 1 aliphatic rings. The Labute approximate surface area is 128 Å². The van der Waals surface area contributed by atoms with Crippen molar-refractivity contribution in [3.63, 3.8) is 0 Å². The summed E-state index contributed by atoms with van der Waals surface area (Å²) in [7, 11) is 0. The van der Waals surface area contributed by atoms with Crippen LogP contribution in [-0.4, -0.2) is 36.4 Å². The van der Waals surface area contributed by atoms with E-state index in [4.69, 9.17) is 0 Å². The van der Waals surface area contributed by atoms with E-state index in [1.807, 2.05) is 0 Å². The summed E-state index contributed by atoms with van der Waals surface area (Å²) in [4.78, 5) is 47.4. The van der Waals surface area contributed by atoms with Crippen LogP contribution in [0.5, 0.6) is 0 Å². The maximum atomic E-state index is 11.9. The molecular weight excluding hydrogens is 300 g/mol. The molecule has 9 nitrogen and oxygen atoms in total. The van der Waals surface area contributed by atoms with Crippen LogP contribution in [0.3, 0.4) is 0 Å². The minimum absolute atomic E-state index is 0.0962. The van der Waals surface area contributed by atoms with E-state index < -0.39 is 5.56 Å². The van der Waals surface area contributed by atoms with Gasteiger partial charge in [-0.25, -0.2) is 4.90 Å². The van der Waals surface area contributed by atoms with Crippen LogP contribution in [0.2, 0.25) is 0 Å². The molecule has 0 saturated carbocycles. The first-order valence-electron chi connectivity index (χ1n) is 6.90. The van der Waals surface area contributed by atoms with Crippen LogP contribution >= 0.6 is 0 Å². The van der Waals surface area contributed by atoms with Gasteiger partial charge in [-0.1, -0.05) is 0 Å². The minimum Gasteiger partial charge on any atom is -0.291 e. The summed E-state index contributed by atoms with van der Waals surface area (Å²) < 4.78 is 1.28. The van der Waals surface area contributed by atoms with Gasteiger partial charge in [-0.3, -0.25) is 24.4 Å². The third-order valence-electron chi connectivity index (χ3n) is 3.52. The van der Waals surface area contributed by atoms with Gasteiger partial charge < -0.3 is 0 Å². The summed E-state index contributed by atoms with van der Waals surface area (Å²) >= 11 is 0. The van der Waals surface area contributed by atoms with Crippen molar-refractivity contribution < 1.29 is 9.59 Å². The Morgan fingerprint density at radius 2 is 1.91 bits per heavy atom. The Morgan fingerprint density at radius 3 is 2.61 bits per heavy atom. The predicted octanol–water partition coefficient (Wildman–Crippen LogP) is 0.133. The van der Waals surface area contributed by atoms with Gasteiger partial charge in [-0.15, -0.1) is 5.10 Å². The molecular formula is C14H10N6O3. The fourth-order valence-corrected chi connectivity index (χ4v) is 2.49. The quantitative estimate of drug-likeness (QED) is 0.673. The summed E-state index contributed by atoms with van der Waals surface area (Å²) in [5, 5.41) is 4.29. The highest BCUT2D eigenvalue weighted by atomic mass is 16.2. The van der Waals surface area contributed by atoms with Crippen molar-refractivity contribution in [2.24, 2.45) is 0 Å². The van der Waals surface area contributed by atoms with Crippen LogP contribution in [0.4, 0.5) is 5.82 Å². The lowest BCUT2D eigenvalue weighted by Crippen LogP contribution is -2.32. The average molecular weight is 310 g/mol. The number of aromatic nitrogens is 5. The molecule has 1 saturated heterocycles. The number of amides is 2. The molecule has 114 valence electrons. The van der Waals surface area contributed by atoms with Crippen LogP contribution in [-0.2, 0) is 9.59 Å². The van der Waals surface area contributed by atoms with Gasteiger partial charge in [-0.2, -0.15) is 9.50 Å². The summed E-state index contributed by atoms with van der Waals surface area (Å²) in [5.74, 6) is -0.140. The molecule has 0 bridgehead atoms. The van der Waals surface area contributed by atoms with Crippen molar-refractivity contribution in [3.8, 4) is 11.4 Å². The van der Waals surface area contributed by atoms with Crippen molar-refractivity contribution in [1.82, 2.24) is 24.6 Å². The maximum Gasteiger partial charge on any atom is 0.254 e. The molecule has 0 unspecified atom stereocenters. The monoisotopic (exact) mass is 310 g/mol. The molecule has 1 aliphatic heterocycles. The van der Waals surface area contributed by atoms with E-state index in [0.29, 0.717) is 11.4 Å². The number of aromatic amines is 1. The minimum atomic E-state index is -0.467. The molecule has 0 radical (unpaired) electrons. The van der Waals surface area contributed by atoms with Crippen LogP contribution in [0.15, 0.2) is 35.4 Å². The second-order valence-electron chi connectivity index (χ2n) is 5.03. The van der Waals surface area contributed by atoms with Gasteiger partial charge in [0.15, 0.2) is 11.6 Å². The van der Waals surface area contributed by atoms with Crippen LogP contribution in [0.1, 0.15) is 12.8 Å². The van der Waals surface area contributed by atoms with E-state index in [9.17, 15) is 14.4 Å². The lowest BCUT2D eigenvalue weighted by Gasteiger charge is -2.13. The normalized spacial score (nSPS) is 14.9. The number of nitrogens with one attached hydrogen (secondary N) is 1. The third-order valence-corrected chi connectivity index (χ3v) is 3.52. The van der Waals surface area contributed by atoms with Gasteiger partial charge in [0.05, 0.1) is 0 Å². The van der Waals surface area contributed by atoms with Crippen molar-refractivity contribution >= 4 is 23.4 Å². The molecule has 0 atom stereocenters. The zero-order valence-electron chi connectivity index (χ0n) is 11.8. The first-order valence-corrected chi connectivity index (χ1v) is 6.90. The second-order valence-corrected chi connectivity index (χ2v) is 5.03. The van der Waals surface area contributed by atoms with Gasteiger partial charge in [0.25, 0.3) is 5.56 Å². The number of nitrogens with zero attached hydrogens (tertiary/aromatic N) is 5. The fraction of sp³-hybridized carbons (Fsp3) is 0.143. The topological polar surface area (TPSA) is 113 Å². The SMILES string of the molecule is O=C1CCC(=O)N1c1cc(=O)[nH]c2nc(-c3cccnc3)nn12. The molecule has 0 aliphatic carbocycles. The molecule has 3 aromatic heterocycles. The molecule has 1 N–H and O–H groups in total. The van der Waals surface area contributed by atoms with Gasteiger partial charge in [0.1, 0.15) is 0 Å². The molecule has 3 aromatic rings. The van der Waals surface area contributed by atoms with Gasteiger partial charge in [0.2, 0.25) is 17.6 Å². The Balaban J connectivity index is 1.95. The Hall–Kier alpha value is -3.36. The number of rotatable bonds is 2. The molecule has 0 spiro atoms. The van der Waals surface area contributed by atoms with Gasteiger partial charge >= 0.3 is 0 Å². The highest BCUT2D eigenvalue weighted by molar-refractivity contribution is 6.19. The molecule has 0 aromatic carbocycles. The van der Waals surface area contributed by atoms with E-state index in [0.717, 1.165) is 11.0 Å². The number of hydrogen-bond acceptors (Lipinski definition) is 6. The number of H-pyrrole nitrogens is 1. The van der Waals surface area contributed by atoms with Crippen molar-refractivity contribution in [2.75, 3.05) is 4.90 Å². The molecule has 9 heteroatoms. The number of carbonyl (C=O) groups is 2. The van der Waals surface area contributed by atoms with Crippen molar-refractivity contribution in [3.05, 3.63) is 40.9 Å². The number of carbonyl (C=O) groups excluding carboxylic acids is 2. The van der Waals surface area contributed by atoms with E-state index in [1.165, 1.54) is 4.52 Å². The summed E-state index contributed by atoms with van der Waals surface area (Å²) in [5.41, 5.74) is 0.187. The Morgan fingerprint density at radius 1 is 1.13 bits per heavy atom. The highest BCUT2D eigenvalue weighted by Gasteiger charge is 2.33. The first kappa shape index (κ1) is 13.3. The lowest BCUT2D eigenvalue weighted by atomic mass is 10.3. The largest absolute Gasteiger partial charge is 0.291 e. The third kappa shape index (κ3) is 2.09. The molecule has 23 heavy (non-hydrogen) atoms. The van der Waals surface area contributed by atoms with E-state index >= 15 is 0 Å². The first-order chi connectivity index (χ1) is 11.1. The van der Waals surface area contributed by atoms with Crippen LogP contribution in [0, 0.1) is 0 Å². The predicted molar refractivity (Wildman–Crippen MR) is 78.6 cm³/mol. The zero-order chi connectivity index (χ0) is 16.0. The summed E-state index contributed by atoms with van der Waals surface area (Å²) in [6.45, 7) is 0. The number of anilines is 1. The van der Waals surface area contributed by atoms with Crippen molar-refractivity contribution in [1.29, 1.82) is 0 Å². The fourth-order valence-electron chi connectivity index (χ4n) is 2.49. The number of pyridine rings is 1. The standard InChI is InChI=1S/C14H10N6O3/c21-9-6-10(19-11(22)3-4-12(19)23)20-14(16-9)17-13(18-20)8-2-1-5-15-7-8/h1-2,5-7H,3-4H2,(H,16,17,18,21). The Bertz CT molecular complexity index is 975. The Kier molecular flexibility index (Phi) is 2.80. The number of imide groups is 1. The molecule has 4 heterocycles. The van der Waals surface area contributed by atoms with E-state index in [1.54, 1.807) is 24.5 Å². The summed E-state index contributed by atoms with van der Waals surface area (Å²) in [6, 6.07) is 4.67. The average Bonchev–Trinajstić information content (AvgIpc) is 3.11. The molecule has 1 fully saturated rings. The van der Waals surface area contributed by atoms with Gasteiger partial charge in [-0.05, 0) is 12.1 Å². The molecule has 2 amide bonds. The van der Waals surface area contributed by atoms with Crippen molar-refractivity contribution in [2.45, 2.75) is 12.8 Å². The highest BCUT2D eigenvalue weighted by Crippen LogP contribution is 2.22. The summed E-state index contributed by atoms with van der Waals surface area (Å²) in [6.07, 6.45) is 3.45. The lowest BCUT2D eigenvalue weighted by molar-refractivity contribution is -0.121. The zero-order valence-corrected chi connectivity index (χ0v) is 11.8. The van der Waals surface area contributed by atoms with E-state index in [-0.39, 0.29) is 36.3 Å². The second kappa shape index (κ2) is 4.83. The van der Waals surface area contributed by atoms with E-state index in [2.05, 4.69) is 20.1 Å². The maximum absolute atomic E-state index is 11.9.